The van der Waals surface area contributed by atoms with Crippen molar-refractivity contribution < 1.29 is 4.74 Å². The Bertz CT molecular complexity index is 430. The van der Waals surface area contributed by atoms with E-state index < -0.39 is 0 Å². The van der Waals surface area contributed by atoms with Crippen molar-refractivity contribution in [3.63, 3.8) is 0 Å². The molecular formula is C16H31IN4OS2. The minimum Gasteiger partial charge on any atom is -0.378 e. The minimum absolute atomic E-state index is 0. The van der Waals surface area contributed by atoms with Gasteiger partial charge in [0.1, 0.15) is 4.34 Å². The van der Waals surface area contributed by atoms with E-state index in [4.69, 9.17) is 4.74 Å². The molecule has 0 saturated carbocycles. The van der Waals surface area contributed by atoms with Gasteiger partial charge in [0.15, 0.2) is 5.96 Å². The molecule has 0 radical (unpaired) electrons. The molecule has 140 valence electrons. The lowest BCUT2D eigenvalue weighted by atomic mass is 10.0. The maximum atomic E-state index is 5.76. The van der Waals surface area contributed by atoms with Crippen LogP contribution in [0.4, 0.5) is 0 Å². The number of halogens is 1. The molecule has 0 fully saturated rings. The van der Waals surface area contributed by atoms with Crippen LogP contribution in [0.25, 0.3) is 0 Å². The van der Waals surface area contributed by atoms with Crippen molar-refractivity contribution in [1.29, 1.82) is 0 Å². The summed E-state index contributed by atoms with van der Waals surface area (Å²) in [5.41, 5.74) is 0. The highest BCUT2D eigenvalue weighted by Gasteiger charge is 2.12. The Balaban J connectivity index is 0.00000529. The molecular weight excluding hydrogens is 455 g/mol. The molecule has 1 unspecified atom stereocenters. The Morgan fingerprint density at radius 2 is 2.12 bits per heavy atom. The van der Waals surface area contributed by atoms with E-state index in [0.29, 0.717) is 12.0 Å². The first-order valence-corrected chi connectivity index (χ1v) is 10.1. The summed E-state index contributed by atoms with van der Waals surface area (Å²) in [6, 6.07) is 0. The molecule has 2 N–H and O–H groups in total. The van der Waals surface area contributed by atoms with Crippen molar-refractivity contribution in [1.82, 2.24) is 15.6 Å². The first-order valence-electron chi connectivity index (χ1n) is 8.25. The van der Waals surface area contributed by atoms with Gasteiger partial charge in [-0.05, 0) is 25.7 Å². The molecule has 0 aliphatic heterocycles. The Labute approximate surface area is 171 Å². The Hall–Kier alpha value is -0.0600. The molecule has 1 aromatic rings. The first kappa shape index (κ1) is 23.9. The summed E-state index contributed by atoms with van der Waals surface area (Å²) in [6.45, 7) is 9.01. The molecule has 1 rings (SSSR count). The van der Waals surface area contributed by atoms with Crippen LogP contribution in [-0.2, 0) is 4.74 Å². The van der Waals surface area contributed by atoms with E-state index in [9.17, 15) is 0 Å². The van der Waals surface area contributed by atoms with Gasteiger partial charge in [0.05, 0.1) is 6.10 Å². The molecule has 0 aliphatic rings. The summed E-state index contributed by atoms with van der Waals surface area (Å²) in [4.78, 5) is 8.52. The molecule has 8 heteroatoms. The number of rotatable bonds is 11. The zero-order valence-corrected chi connectivity index (χ0v) is 19.0. The van der Waals surface area contributed by atoms with Gasteiger partial charge in [-0.2, -0.15) is 0 Å². The van der Waals surface area contributed by atoms with Crippen LogP contribution in [0.1, 0.15) is 33.6 Å². The van der Waals surface area contributed by atoms with Crippen molar-refractivity contribution in [2.24, 2.45) is 10.9 Å². The average Bonchev–Trinajstić information content (AvgIpc) is 3.05. The van der Waals surface area contributed by atoms with Gasteiger partial charge in [-0.15, -0.1) is 35.3 Å². The van der Waals surface area contributed by atoms with E-state index in [-0.39, 0.29) is 24.0 Å². The third-order valence-electron chi connectivity index (χ3n) is 3.32. The molecule has 0 aromatic carbocycles. The van der Waals surface area contributed by atoms with Gasteiger partial charge in [-0.25, -0.2) is 4.98 Å². The molecule has 1 aromatic heterocycles. The van der Waals surface area contributed by atoms with Gasteiger partial charge in [-0.1, -0.05) is 25.6 Å². The van der Waals surface area contributed by atoms with E-state index in [0.717, 1.165) is 48.6 Å². The third-order valence-corrected chi connectivity index (χ3v) is 5.37. The van der Waals surface area contributed by atoms with E-state index in [1.807, 2.05) is 37.3 Å². The van der Waals surface area contributed by atoms with Crippen molar-refractivity contribution in [3.05, 3.63) is 11.6 Å². The summed E-state index contributed by atoms with van der Waals surface area (Å²) in [5, 5.41) is 8.72. The zero-order valence-electron chi connectivity index (χ0n) is 15.1. The van der Waals surface area contributed by atoms with E-state index in [1.54, 1.807) is 11.3 Å². The predicted molar refractivity (Wildman–Crippen MR) is 117 cm³/mol. The number of hydrogen-bond donors (Lipinski definition) is 2. The van der Waals surface area contributed by atoms with Gasteiger partial charge in [0.25, 0.3) is 0 Å². The molecule has 1 atom stereocenters. The van der Waals surface area contributed by atoms with Crippen LogP contribution < -0.4 is 10.6 Å². The monoisotopic (exact) mass is 486 g/mol. The highest BCUT2D eigenvalue weighted by atomic mass is 127. The molecule has 5 nitrogen and oxygen atoms in total. The maximum Gasteiger partial charge on any atom is 0.190 e. The normalized spacial score (nSPS) is 12.8. The van der Waals surface area contributed by atoms with Gasteiger partial charge in [0, 0.05) is 44.1 Å². The number of ether oxygens (including phenoxy) is 1. The lowest BCUT2D eigenvalue weighted by molar-refractivity contribution is 0.0258. The smallest absolute Gasteiger partial charge is 0.190 e. The van der Waals surface area contributed by atoms with Crippen LogP contribution in [0.5, 0.6) is 0 Å². The van der Waals surface area contributed by atoms with E-state index in [1.165, 1.54) is 0 Å². The predicted octanol–water partition coefficient (Wildman–Crippen LogP) is 3.86. The largest absolute Gasteiger partial charge is 0.378 e. The van der Waals surface area contributed by atoms with Gasteiger partial charge >= 0.3 is 0 Å². The van der Waals surface area contributed by atoms with Gasteiger partial charge < -0.3 is 15.4 Å². The number of guanidine groups is 1. The maximum absolute atomic E-state index is 5.76. The fourth-order valence-electron chi connectivity index (χ4n) is 2.10. The Morgan fingerprint density at radius 1 is 1.38 bits per heavy atom. The minimum atomic E-state index is 0. The second-order valence-electron chi connectivity index (χ2n) is 5.45. The third kappa shape index (κ3) is 10.7. The summed E-state index contributed by atoms with van der Waals surface area (Å²) < 4.78 is 6.90. The van der Waals surface area contributed by atoms with Gasteiger partial charge in [0.2, 0.25) is 0 Å². The van der Waals surface area contributed by atoms with Crippen LogP contribution in [0.2, 0.25) is 0 Å². The molecule has 0 saturated heterocycles. The van der Waals surface area contributed by atoms with Crippen molar-refractivity contribution in [2.45, 2.75) is 44.1 Å². The summed E-state index contributed by atoms with van der Waals surface area (Å²) in [5.74, 6) is 2.47. The number of aliphatic imine (C=N–C) groups is 1. The number of thioether (sulfide) groups is 1. The second-order valence-corrected chi connectivity index (χ2v) is 7.69. The van der Waals surface area contributed by atoms with Crippen LogP contribution in [0.15, 0.2) is 20.9 Å². The van der Waals surface area contributed by atoms with Crippen LogP contribution in [0.3, 0.4) is 0 Å². The van der Waals surface area contributed by atoms with E-state index >= 15 is 0 Å². The number of hydrogen-bond acceptors (Lipinski definition) is 5. The lowest BCUT2D eigenvalue weighted by Crippen LogP contribution is -2.39. The number of nitrogens with one attached hydrogen (secondary N) is 2. The van der Waals surface area contributed by atoms with Crippen LogP contribution in [-0.4, -0.2) is 49.5 Å². The summed E-state index contributed by atoms with van der Waals surface area (Å²) >= 11 is 3.50. The Morgan fingerprint density at radius 3 is 2.71 bits per heavy atom. The second kappa shape index (κ2) is 15.2. The number of thiazole rings is 1. The zero-order chi connectivity index (χ0) is 16.9. The average molecular weight is 486 g/mol. The molecule has 0 amide bonds. The molecule has 0 aliphatic carbocycles. The topological polar surface area (TPSA) is 58.5 Å². The number of nitrogens with zero attached hydrogens (tertiary/aromatic N) is 2. The molecule has 0 spiro atoms. The van der Waals surface area contributed by atoms with E-state index in [2.05, 4.69) is 34.5 Å². The fourth-order valence-corrected chi connectivity index (χ4v) is 3.74. The first-order chi connectivity index (χ1) is 11.2. The standard InChI is InChI=1S/C16H30N4OS2.HI/c1-5-21-14(13(2)3)7-9-19-15(17-4)18-8-6-11-22-16-20-10-12-23-16;/h10,12-14H,5-9,11H2,1-4H3,(H2,17,18,19);1H. The lowest BCUT2D eigenvalue weighted by Gasteiger charge is -2.21. The van der Waals surface area contributed by atoms with Gasteiger partial charge in [-0.3, -0.25) is 4.99 Å². The summed E-state index contributed by atoms with van der Waals surface area (Å²) in [6.07, 6.45) is 4.23. The highest BCUT2D eigenvalue weighted by molar-refractivity contribution is 14.0. The SMILES string of the molecule is CCOC(CCNC(=NC)NCCCSc1nccs1)C(C)C.I. The Kier molecular flexibility index (Phi) is 15.2. The molecule has 1 heterocycles. The van der Waals surface area contributed by atoms with Crippen LogP contribution in [0, 0.1) is 5.92 Å². The number of aromatic nitrogens is 1. The fraction of sp³-hybridized carbons (Fsp3) is 0.750. The van der Waals surface area contributed by atoms with Crippen molar-refractivity contribution in [2.75, 3.05) is 32.5 Å². The summed E-state index contributed by atoms with van der Waals surface area (Å²) in [7, 11) is 1.81. The molecule has 24 heavy (non-hydrogen) atoms. The molecule has 0 bridgehead atoms. The van der Waals surface area contributed by atoms with Crippen molar-refractivity contribution in [3.8, 4) is 0 Å². The van der Waals surface area contributed by atoms with Crippen LogP contribution >= 0.6 is 47.1 Å². The van der Waals surface area contributed by atoms with Crippen molar-refractivity contribution >= 4 is 53.0 Å². The highest BCUT2D eigenvalue weighted by Crippen LogP contribution is 2.20. The quantitative estimate of drug-likeness (QED) is 0.164.